The molecule has 0 aromatic heterocycles. The van der Waals surface area contributed by atoms with Gasteiger partial charge < -0.3 is 10.6 Å². The number of hydrogen-bond acceptors (Lipinski definition) is 2. The van der Waals surface area contributed by atoms with E-state index < -0.39 is 0 Å². The molecule has 3 nitrogen and oxygen atoms in total. The van der Waals surface area contributed by atoms with Gasteiger partial charge in [-0.15, -0.1) is 0 Å². The largest absolute Gasteiger partial charge is 0.384 e. The summed E-state index contributed by atoms with van der Waals surface area (Å²) in [6, 6.07) is 8.69. The number of benzene rings is 1. The van der Waals surface area contributed by atoms with E-state index in [0.29, 0.717) is 6.04 Å². The Kier molecular flexibility index (Phi) is 2.11. The lowest BCUT2D eigenvalue weighted by atomic mass is 10.00. The molecular weight excluding hydrogens is 248 g/mol. The maximum Gasteiger partial charge on any atom is 0.229 e. The normalized spacial score (nSPS) is 42.8. The van der Waals surface area contributed by atoms with E-state index in [-0.39, 0.29) is 11.8 Å². The van der Waals surface area contributed by atoms with Crippen LogP contribution in [0.1, 0.15) is 30.7 Å². The molecule has 5 rings (SSSR count). The Labute approximate surface area is 119 Å². The van der Waals surface area contributed by atoms with Crippen molar-refractivity contribution in [1.29, 1.82) is 0 Å². The van der Waals surface area contributed by atoms with Crippen molar-refractivity contribution in [3.63, 3.8) is 0 Å². The predicted molar refractivity (Wildman–Crippen MR) is 77.4 cm³/mol. The van der Waals surface area contributed by atoms with Gasteiger partial charge in [-0.3, -0.25) is 4.79 Å². The number of anilines is 1. The topological polar surface area (TPSA) is 41.1 Å². The van der Waals surface area contributed by atoms with Gasteiger partial charge in [0.1, 0.15) is 0 Å². The van der Waals surface area contributed by atoms with Gasteiger partial charge in [0.2, 0.25) is 5.91 Å². The van der Waals surface area contributed by atoms with Crippen LogP contribution in [0.5, 0.6) is 0 Å². The van der Waals surface area contributed by atoms with Crippen LogP contribution in [0.3, 0.4) is 0 Å². The monoisotopic (exact) mass is 268 g/mol. The van der Waals surface area contributed by atoms with Crippen molar-refractivity contribution in [1.82, 2.24) is 5.32 Å². The third kappa shape index (κ3) is 1.38. The Hall–Kier alpha value is -1.51. The summed E-state index contributed by atoms with van der Waals surface area (Å²) < 4.78 is 0. The summed E-state index contributed by atoms with van der Waals surface area (Å²) in [4.78, 5) is 12.6. The summed E-state index contributed by atoms with van der Waals surface area (Å²) in [5.74, 6) is 3.73. The quantitative estimate of drug-likeness (QED) is 0.864. The molecule has 5 unspecified atom stereocenters. The fourth-order valence-corrected chi connectivity index (χ4v) is 5.30. The minimum absolute atomic E-state index is 0.00480. The summed E-state index contributed by atoms with van der Waals surface area (Å²) in [5, 5.41) is 6.70. The lowest BCUT2D eigenvalue weighted by molar-refractivity contribution is -0.122. The summed E-state index contributed by atoms with van der Waals surface area (Å²) in [5.41, 5.74) is 2.29. The third-order valence-electron chi connectivity index (χ3n) is 6.19. The number of nitrogens with one attached hydrogen (secondary N) is 2. The van der Waals surface area contributed by atoms with E-state index in [2.05, 4.69) is 22.8 Å². The molecule has 1 amide bonds. The van der Waals surface area contributed by atoms with E-state index in [1.165, 1.54) is 24.8 Å². The van der Waals surface area contributed by atoms with Crippen molar-refractivity contribution in [2.75, 3.05) is 11.9 Å². The summed E-state index contributed by atoms with van der Waals surface area (Å²) in [6.07, 6.45) is 4.26. The van der Waals surface area contributed by atoms with Gasteiger partial charge in [-0.1, -0.05) is 18.2 Å². The summed E-state index contributed by atoms with van der Waals surface area (Å²) in [7, 11) is 0. The number of carbonyl (C=O) groups is 1. The molecule has 3 saturated carbocycles. The first-order chi connectivity index (χ1) is 9.83. The van der Waals surface area contributed by atoms with Gasteiger partial charge in [-0.2, -0.15) is 0 Å². The van der Waals surface area contributed by atoms with E-state index in [0.717, 1.165) is 35.9 Å². The van der Waals surface area contributed by atoms with Crippen LogP contribution >= 0.6 is 0 Å². The van der Waals surface area contributed by atoms with E-state index in [1.54, 1.807) is 0 Å². The molecule has 1 aromatic rings. The number of amides is 1. The number of para-hydroxylation sites is 1. The molecule has 3 heteroatoms. The summed E-state index contributed by atoms with van der Waals surface area (Å²) >= 11 is 0. The molecule has 3 fully saturated rings. The fraction of sp³-hybridized carbons (Fsp3) is 0.588. The van der Waals surface area contributed by atoms with Crippen LogP contribution in [0.15, 0.2) is 24.3 Å². The molecule has 0 saturated heterocycles. The van der Waals surface area contributed by atoms with E-state index in [4.69, 9.17) is 0 Å². The molecule has 20 heavy (non-hydrogen) atoms. The average Bonchev–Trinajstić information content (AvgIpc) is 2.91. The van der Waals surface area contributed by atoms with Crippen molar-refractivity contribution in [3.05, 3.63) is 29.8 Å². The first-order valence-corrected chi connectivity index (χ1v) is 7.96. The van der Waals surface area contributed by atoms with Crippen LogP contribution in [0.4, 0.5) is 5.69 Å². The highest BCUT2D eigenvalue weighted by molar-refractivity contribution is 5.88. The van der Waals surface area contributed by atoms with Gasteiger partial charge in [0.05, 0.1) is 5.92 Å². The Balaban J connectivity index is 1.31. The molecule has 1 heterocycles. The number of carbonyl (C=O) groups excluding carboxylic acids is 1. The lowest BCUT2D eigenvalue weighted by Crippen LogP contribution is -2.34. The maximum atomic E-state index is 12.6. The molecule has 0 spiro atoms. The van der Waals surface area contributed by atoms with Crippen LogP contribution in [0.25, 0.3) is 0 Å². The van der Waals surface area contributed by atoms with Crippen molar-refractivity contribution in [2.45, 2.75) is 31.2 Å². The molecule has 1 aromatic carbocycles. The zero-order chi connectivity index (χ0) is 13.3. The maximum absolute atomic E-state index is 12.6. The van der Waals surface area contributed by atoms with E-state index >= 15 is 0 Å². The highest BCUT2D eigenvalue weighted by atomic mass is 16.2. The molecule has 4 aliphatic rings. The minimum Gasteiger partial charge on any atom is -0.384 e. The Morgan fingerprint density at radius 2 is 1.90 bits per heavy atom. The van der Waals surface area contributed by atoms with Gasteiger partial charge in [0, 0.05) is 18.3 Å². The zero-order valence-corrected chi connectivity index (χ0v) is 11.5. The standard InChI is InChI=1S/C17H20N2O/c20-17(12-8-18-13-4-2-1-3-11(12)13)19-16-14-9-5-6-10(7-9)15(14)16/h1-4,9-10,12,14-16,18H,5-8H2,(H,19,20). The predicted octanol–water partition coefficient (Wildman–Crippen LogP) is 2.36. The fourth-order valence-electron chi connectivity index (χ4n) is 5.30. The third-order valence-corrected chi connectivity index (χ3v) is 6.19. The second kappa shape index (κ2) is 3.78. The van der Waals surface area contributed by atoms with Gasteiger partial charge in [0.15, 0.2) is 0 Å². The second-order valence-corrected chi connectivity index (χ2v) is 7.04. The van der Waals surface area contributed by atoms with Crippen LogP contribution in [0.2, 0.25) is 0 Å². The Morgan fingerprint density at radius 3 is 2.70 bits per heavy atom. The van der Waals surface area contributed by atoms with Gasteiger partial charge in [0.25, 0.3) is 0 Å². The van der Waals surface area contributed by atoms with Gasteiger partial charge in [-0.25, -0.2) is 0 Å². The van der Waals surface area contributed by atoms with Gasteiger partial charge in [-0.05, 0) is 54.6 Å². The highest BCUT2D eigenvalue weighted by Crippen LogP contribution is 2.65. The smallest absolute Gasteiger partial charge is 0.229 e. The highest BCUT2D eigenvalue weighted by Gasteiger charge is 2.65. The first-order valence-electron chi connectivity index (χ1n) is 7.96. The summed E-state index contributed by atoms with van der Waals surface area (Å²) in [6.45, 7) is 0.750. The average molecular weight is 268 g/mol. The van der Waals surface area contributed by atoms with E-state index in [1.807, 2.05) is 12.1 Å². The molecule has 0 radical (unpaired) electrons. The van der Waals surface area contributed by atoms with Crippen molar-refractivity contribution >= 4 is 11.6 Å². The minimum atomic E-state index is 0.00480. The van der Waals surface area contributed by atoms with Crippen LogP contribution in [0, 0.1) is 23.7 Å². The second-order valence-electron chi connectivity index (χ2n) is 7.04. The SMILES string of the molecule is O=C(NC1C2C3CCC(C3)C12)C1CNc2ccccc21. The molecule has 1 aliphatic heterocycles. The molecular formula is C17H20N2O. The number of hydrogen-bond donors (Lipinski definition) is 2. The van der Waals surface area contributed by atoms with Gasteiger partial charge >= 0.3 is 0 Å². The van der Waals surface area contributed by atoms with Crippen molar-refractivity contribution in [3.8, 4) is 0 Å². The van der Waals surface area contributed by atoms with E-state index in [9.17, 15) is 4.79 Å². The van der Waals surface area contributed by atoms with Crippen LogP contribution in [-0.2, 0) is 4.79 Å². The Bertz CT molecular complexity index is 568. The first kappa shape index (κ1) is 11.2. The Morgan fingerprint density at radius 1 is 1.15 bits per heavy atom. The molecule has 2 bridgehead atoms. The van der Waals surface area contributed by atoms with Crippen molar-refractivity contribution < 1.29 is 4.79 Å². The van der Waals surface area contributed by atoms with Crippen LogP contribution in [-0.4, -0.2) is 18.5 Å². The molecule has 104 valence electrons. The van der Waals surface area contributed by atoms with Crippen molar-refractivity contribution in [2.24, 2.45) is 23.7 Å². The number of rotatable bonds is 2. The molecule has 3 aliphatic carbocycles. The lowest BCUT2D eigenvalue weighted by Gasteiger charge is -2.14. The molecule has 5 atom stereocenters. The number of fused-ring (bicyclic) bond motifs is 6. The van der Waals surface area contributed by atoms with Crippen LogP contribution < -0.4 is 10.6 Å². The zero-order valence-electron chi connectivity index (χ0n) is 11.5. The molecule has 2 N–H and O–H groups in total.